The van der Waals surface area contributed by atoms with Crippen molar-refractivity contribution < 1.29 is 9.00 Å². The molecule has 8 heteroatoms. The first-order chi connectivity index (χ1) is 14.0. The molecule has 1 saturated heterocycles. The van der Waals surface area contributed by atoms with E-state index >= 15 is 0 Å². The van der Waals surface area contributed by atoms with Crippen molar-refractivity contribution in [2.75, 3.05) is 11.9 Å². The smallest absolute Gasteiger partial charge is 0.309 e. The molecule has 5 rings (SSSR count). The molecule has 0 radical (unpaired) electrons. The van der Waals surface area contributed by atoms with Crippen molar-refractivity contribution in [1.82, 2.24) is 10.0 Å². The van der Waals surface area contributed by atoms with E-state index in [0.717, 1.165) is 68.5 Å². The normalized spacial score (nSPS) is 21.1. The van der Waals surface area contributed by atoms with E-state index in [1.54, 1.807) is 6.07 Å². The number of nitrogens with one attached hydrogen (secondary N) is 3. The number of thiol groups is 1. The predicted octanol–water partition coefficient (Wildman–Crippen LogP) is 3.14. The van der Waals surface area contributed by atoms with Crippen LogP contribution in [0, 0.1) is 0 Å². The molecule has 0 spiro atoms. The Morgan fingerprint density at radius 2 is 1.83 bits per heavy atom. The number of carbonyl (C=O) groups is 1. The highest BCUT2D eigenvalue weighted by Gasteiger charge is 2.27. The van der Waals surface area contributed by atoms with Gasteiger partial charge in [-0.25, -0.2) is 9.00 Å². The second kappa shape index (κ2) is 7.50. The molecule has 1 aliphatic heterocycles. The summed E-state index contributed by atoms with van der Waals surface area (Å²) in [7, 11) is -3.47. The van der Waals surface area contributed by atoms with Crippen LogP contribution in [0.25, 0.3) is 0 Å². The molecule has 6 nitrogen and oxygen atoms in total. The van der Waals surface area contributed by atoms with Gasteiger partial charge in [0.15, 0.2) is 0 Å². The second-order valence-corrected chi connectivity index (χ2v) is 11.7. The molecule has 0 bridgehead atoms. The fraction of sp³-hybridized carbons (Fsp3) is 0.476. The van der Waals surface area contributed by atoms with Gasteiger partial charge in [0, 0.05) is 26.9 Å². The van der Waals surface area contributed by atoms with Crippen molar-refractivity contribution in [2.45, 2.75) is 61.6 Å². The number of aryl methyl sites for hydroxylation is 2. The molecule has 2 amide bonds. The van der Waals surface area contributed by atoms with E-state index in [9.17, 15) is 9.00 Å². The first-order valence-electron chi connectivity index (χ1n) is 10.5. The second-order valence-electron chi connectivity index (χ2n) is 8.28. The van der Waals surface area contributed by atoms with Crippen LogP contribution >= 0.6 is 11.3 Å². The fourth-order valence-corrected chi connectivity index (χ4v) is 7.57. The average molecular weight is 433 g/mol. The summed E-state index contributed by atoms with van der Waals surface area (Å²) in [5, 5.41) is 12.6. The van der Waals surface area contributed by atoms with Gasteiger partial charge in [0.1, 0.15) is 0 Å². The third-order valence-electron chi connectivity index (χ3n) is 6.32. The summed E-state index contributed by atoms with van der Waals surface area (Å²) in [6.45, 7) is 1.00. The Morgan fingerprint density at radius 3 is 2.48 bits per heavy atom. The summed E-state index contributed by atoms with van der Waals surface area (Å²) in [6, 6.07) is 5.92. The van der Waals surface area contributed by atoms with E-state index in [1.807, 2.05) is 6.07 Å². The van der Waals surface area contributed by atoms with Crippen LogP contribution in [0.2, 0.25) is 0 Å². The molecule has 29 heavy (non-hydrogen) atoms. The van der Waals surface area contributed by atoms with Gasteiger partial charge in [-0.1, -0.05) is 6.07 Å². The fourth-order valence-electron chi connectivity index (χ4n) is 4.95. The lowest BCUT2D eigenvalue weighted by atomic mass is 9.99. The van der Waals surface area contributed by atoms with Crippen LogP contribution in [0.15, 0.2) is 22.4 Å². The lowest BCUT2D eigenvalue weighted by Crippen LogP contribution is -2.44. The van der Waals surface area contributed by atoms with Gasteiger partial charge in [-0.3, -0.25) is 9.86 Å². The minimum absolute atomic E-state index is 0.303. The van der Waals surface area contributed by atoms with E-state index in [2.05, 4.69) is 21.4 Å². The molecule has 1 atom stereocenters. The largest absolute Gasteiger partial charge is 0.330 e. The third kappa shape index (κ3) is 3.63. The predicted molar refractivity (Wildman–Crippen MR) is 119 cm³/mol. The van der Waals surface area contributed by atoms with Gasteiger partial charge >= 0.3 is 6.03 Å². The summed E-state index contributed by atoms with van der Waals surface area (Å²) in [4.78, 5) is 13.9. The van der Waals surface area contributed by atoms with Crippen LogP contribution in [0.5, 0.6) is 0 Å². The molecule has 1 aromatic heterocycles. The minimum Gasteiger partial charge on any atom is -0.309 e. The van der Waals surface area contributed by atoms with Gasteiger partial charge in [0.05, 0.1) is 4.21 Å². The number of rotatable bonds is 4. The number of fused-ring (bicyclic) bond motifs is 2. The Hall–Kier alpha value is -1.74. The molecule has 1 fully saturated rings. The molecular weight excluding hydrogens is 404 g/mol. The van der Waals surface area contributed by atoms with Gasteiger partial charge in [-0.05, 0) is 92.3 Å². The van der Waals surface area contributed by atoms with Crippen molar-refractivity contribution in [2.24, 2.45) is 5.14 Å². The molecular formula is C21H28N4O2S2. The van der Waals surface area contributed by atoms with Crippen molar-refractivity contribution in [1.29, 1.82) is 0 Å². The van der Waals surface area contributed by atoms with Crippen LogP contribution in [0.1, 0.15) is 58.9 Å². The van der Waals surface area contributed by atoms with Crippen molar-refractivity contribution in [3.05, 3.63) is 45.3 Å². The molecule has 0 unspecified atom stereocenters. The highest BCUT2D eigenvalue weighted by molar-refractivity contribution is 8.01. The van der Waals surface area contributed by atoms with Gasteiger partial charge in [-0.2, -0.15) is 0 Å². The quantitative estimate of drug-likeness (QED) is 0.480. The SMILES string of the molecule is N[SH](=O)(NC(=O)Nc1c2c(cc3c1CCC3)CCC2)c1ccc([C@@H]2CCCN2)s1. The van der Waals surface area contributed by atoms with Crippen molar-refractivity contribution >= 4 is 33.4 Å². The maximum absolute atomic E-state index is 13.1. The zero-order valence-corrected chi connectivity index (χ0v) is 18.1. The average Bonchev–Trinajstić information content (AvgIpc) is 3.46. The molecule has 3 aliphatic rings. The first kappa shape index (κ1) is 19.2. The van der Waals surface area contributed by atoms with Crippen LogP contribution in [-0.4, -0.2) is 16.8 Å². The molecule has 1 aromatic carbocycles. The Balaban J connectivity index is 1.34. The van der Waals surface area contributed by atoms with Crippen LogP contribution in [-0.2, 0) is 36.0 Å². The number of hydrogen-bond acceptors (Lipinski definition) is 4. The third-order valence-corrected chi connectivity index (χ3v) is 9.75. The number of urea groups is 1. The van der Waals surface area contributed by atoms with Gasteiger partial charge in [0.25, 0.3) is 0 Å². The van der Waals surface area contributed by atoms with Gasteiger partial charge in [-0.15, -0.1) is 11.3 Å². The maximum atomic E-state index is 13.1. The van der Waals surface area contributed by atoms with Crippen LogP contribution in [0.4, 0.5) is 10.5 Å². The number of anilines is 1. The Kier molecular flexibility index (Phi) is 4.98. The highest BCUT2D eigenvalue weighted by atomic mass is 32.3. The van der Waals surface area contributed by atoms with E-state index in [4.69, 9.17) is 5.14 Å². The summed E-state index contributed by atoms with van der Waals surface area (Å²) >= 11 is 1.43. The minimum atomic E-state index is -3.47. The van der Waals surface area contributed by atoms with Crippen LogP contribution < -0.4 is 20.5 Å². The van der Waals surface area contributed by atoms with Crippen LogP contribution in [0.3, 0.4) is 0 Å². The lowest BCUT2D eigenvalue weighted by Gasteiger charge is -2.21. The number of nitrogens with two attached hydrogens (primary N) is 1. The Labute approximate surface area is 176 Å². The molecule has 0 saturated carbocycles. The van der Waals surface area contributed by atoms with Gasteiger partial charge < -0.3 is 10.6 Å². The highest BCUT2D eigenvalue weighted by Crippen LogP contribution is 2.38. The Bertz CT molecular complexity index is 978. The summed E-state index contributed by atoms with van der Waals surface area (Å²) in [5.74, 6) is 0. The first-order valence-corrected chi connectivity index (χ1v) is 13.1. The molecule has 2 aliphatic carbocycles. The molecule has 2 aromatic rings. The van der Waals surface area contributed by atoms with E-state index in [0.29, 0.717) is 10.3 Å². The topological polar surface area (TPSA) is 96.2 Å². The Morgan fingerprint density at radius 1 is 1.10 bits per heavy atom. The number of thiophene rings is 1. The van der Waals surface area contributed by atoms with Crippen molar-refractivity contribution in [3.63, 3.8) is 0 Å². The van der Waals surface area contributed by atoms with E-state index in [-0.39, 0.29) is 0 Å². The summed E-state index contributed by atoms with van der Waals surface area (Å²) < 4.78 is 16.2. The number of hydrogen-bond donors (Lipinski definition) is 5. The molecule has 156 valence electrons. The number of carbonyl (C=O) groups excluding carboxylic acids is 1. The van der Waals surface area contributed by atoms with Crippen molar-refractivity contribution in [3.8, 4) is 0 Å². The molecule has 2 heterocycles. The van der Waals surface area contributed by atoms with E-state index < -0.39 is 16.3 Å². The number of amides is 2. The summed E-state index contributed by atoms with van der Waals surface area (Å²) in [5.41, 5.74) is 6.14. The number of benzene rings is 1. The lowest BCUT2D eigenvalue weighted by molar-refractivity contribution is 0.256. The molecule has 5 N–H and O–H groups in total. The monoisotopic (exact) mass is 432 g/mol. The zero-order valence-electron chi connectivity index (χ0n) is 16.4. The van der Waals surface area contributed by atoms with Gasteiger partial charge in [0.2, 0.25) is 0 Å². The zero-order chi connectivity index (χ0) is 20.0. The standard InChI is InChI=1S/C21H28N4O2S2/c22-29(27,19-10-9-18(28-19)17-8-3-11-23-17)25-21(26)24-20-15-6-1-4-13(15)12-14-5-2-7-16(14)20/h9-10,12,17,23,29H,1-8,11H2,(H4,22,24,25,26,27)/t17-/m0/s1. The van der Waals surface area contributed by atoms with E-state index in [1.165, 1.54) is 33.6 Å². The summed E-state index contributed by atoms with van der Waals surface area (Å²) in [6.07, 6.45) is 8.58. The maximum Gasteiger partial charge on any atom is 0.330 e.